The molecule has 3 rings (SSSR count). The van der Waals surface area contributed by atoms with E-state index in [1.165, 1.54) is 6.08 Å². The molecule has 94 valence electrons. The van der Waals surface area contributed by atoms with Gasteiger partial charge in [-0.25, -0.2) is 0 Å². The molecule has 4 nitrogen and oxygen atoms in total. The van der Waals surface area contributed by atoms with Crippen molar-refractivity contribution in [1.29, 1.82) is 0 Å². The summed E-state index contributed by atoms with van der Waals surface area (Å²) in [6.07, 6.45) is 6.75. The molecule has 3 aromatic rings. The normalized spacial score (nSPS) is 11.4. The van der Waals surface area contributed by atoms with E-state index < -0.39 is 0 Å². The minimum Gasteiger partial charge on any atom is -0.453 e. The number of hydrogen-bond acceptors (Lipinski definition) is 3. The first-order valence-electron chi connectivity index (χ1n) is 5.92. The standard InChI is InChI=1S/C15H12N2O2/c1-17-10-11(9-16-17)6-7-13(18)15-8-12-4-2-3-5-14(12)19-15/h2-10H,1H3/b7-6-. The fourth-order valence-electron chi connectivity index (χ4n) is 1.88. The Morgan fingerprint density at radius 1 is 1.37 bits per heavy atom. The molecular formula is C15H12N2O2. The SMILES string of the molecule is Cn1cc(/C=C\C(=O)c2cc3ccccc3o2)cn1. The van der Waals surface area contributed by atoms with E-state index in [-0.39, 0.29) is 5.78 Å². The number of allylic oxidation sites excluding steroid dienone is 1. The largest absolute Gasteiger partial charge is 0.453 e. The predicted molar refractivity (Wildman–Crippen MR) is 72.8 cm³/mol. The molecule has 19 heavy (non-hydrogen) atoms. The number of ketones is 1. The third-order valence-corrected chi connectivity index (χ3v) is 2.82. The molecule has 0 spiro atoms. The van der Waals surface area contributed by atoms with Crippen molar-refractivity contribution in [3.63, 3.8) is 0 Å². The molecule has 4 heteroatoms. The zero-order valence-electron chi connectivity index (χ0n) is 10.4. The first kappa shape index (κ1) is 11.5. The van der Waals surface area contributed by atoms with Crippen molar-refractivity contribution in [1.82, 2.24) is 9.78 Å². The van der Waals surface area contributed by atoms with Crippen LogP contribution in [0.2, 0.25) is 0 Å². The molecule has 0 saturated carbocycles. The highest BCUT2D eigenvalue weighted by molar-refractivity contribution is 6.06. The molecular weight excluding hydrogens is 240 g/mol. The van der Waals surface area contributed by atoms with Gasteiger partial charge in [-0.05, 0) is 24.3 Å². The summed E-state index contributed by atoms with van der Waals surface area (Å²) in [7, 11) is 1.83. The van der Waals surface area contributed by atoms with E-state index in [2.05, 4.69) is 5.10 Å². The second-order valence-electron chi connectivity index (χ2n) is 4.29. The number of aryl methyl sites for hydroxylation is 1. The molecule has 0 aliphatic heterocycles. The molecule has 0 amide bonds. The zero-order chi connectivity index (χ0) is 13.2. The summed E-state index contributed by atoms with van der Waals surface area (Å²) in [5, 5.41) is 4.96. The van der Waals surface area contributed by atoms with Crippen LogP contribution in [0.25, 0.3) is 17.0 Å². The van der Waals surface area contributed by atoms with Crippen molar-refractivity contribution >= 4 is 22.8 Å². The maximum Gasteiger partial charge on any atom is 0.221 e. The smallest absolute Gasteiger partial charge is 0.221 e. The first-order valence-corrected chi connectivity index (χ1v) is 5.92. The number of hydrogen-bond donors (Lipinski definition) is 0. The van der Waals surface area contributed by atoms with E-state index in [0.717, 1.165) is 16.5 Å². The summed E-state index contributed by atoms with van der Waals surface area (Å²) < 4.78 is 7.19. The Morgan fingerprint density at radius 3 is 2.95 bits per heavy atom. The van der Waals surface area contributed by atoms with Crippen LogP contribution in [0.3, 0.4) is 0 Å². The summed E-state index contributed by atoms with van der Waals surface area (Å²) in [6.45, 7) is 0. The predicted octanol–water partition coefficient (Wildman–Crippen LogP) is 3.06. The molecule has 0 aliphatic rings. The minimum atomic E-state index is -0.153. The number of para-hydroxylation sites is 1. The van der Waals surface area contributed by atoms with E-state index in [1.807, 2.05) is 37.5 Å². The van der Waals surface area contributed by atoms with Crippen LogP contribution in [0.5, 0.6) is 0 Å². The summed E-state index contributed by atoms with van der Waals surface area (Å²) in [4.78, 5) is 12.0. The number of nitrogens with zero attached hydrogens (tertiary/aromatic N) is 2. The fraction of sp³-hybridized carbons (Fsp3) is 0.0667. The van der Waals surface area contributed by atoms with Gasteiger partial charge in [0.1, 0.15) is 5.58 Å². The van der Waals surface area contributed by atoms with Gasteiger partial charge in [-0.2, -0.15) is 5.10 Å². The van der Waals surface area contributed by atoms with Crippen molar-refractivity contribution < 1.29 is 9.21 Å². The van der Waals surface area contributed by atoms with Gasteiger partial charge in [-0.3, -0.25) is 9.48 Å². The molecule has 0 N–H and O–H groups in total. The molecule has 0 aliphatic carbocycles. The number of carbonyl (C=O) groups is 1. The van der Waals surface area contributed by atoms with Gasteiger partial charge in [0.25, 0.3) is 0 Å². The van der Waals surface area contributed by atoms with Gasteiger partial charge in [0.2, 0.25) is 5.78 Å². The molecule has 1 aromatic carbocycles. The van der Waals surface area contributed by atoms with Gasteiger partial charge in [0.05, 0.1) is 6.20 Å². The number of fused-ring (bicyclic) bond motifs is 1. The summed E-state index contributed by atoms with van der Waals surface area (Å²) in [5.41, 5.74) is 1.60. The van der Waals surface area contributed by atoms with Gasteiger partial charge in [-0.1, -0.05) is 18.2 Å². The maximum atomic E-state index is 12.0. The van der Waals surface area contributed by atoms with Crippen LogP contribution in [0.15, 0.2) is 53.2 Å². The van der Waals surface area contributed by atoms with Crippen LogP contribution in [-0.4, -0.2) is 15.6 Å². The van der Waals surface area contributed by atoms with Crippen molar-refractivity contribution in [3.05, 3.63) is 60.1 Å². The molecule has 2 heterocycles. The summed E-state index contributed by atoms with van der Waals surface area (Å²) >= 11 is 0. The monoisotopic (exact) mass is 252 g/mol. The Labute approximate surface area is 110 Å². The number of rotatable bonds is 3. The van der Waals surface area contributed by atoms with Crippen molar-refractivity contribution in [2.24, 2.45) is 7.05 Å². The average Bonchev–Trinajstić information content (AvgIpc) is 3.01. The lowest BCUT2D eigenvalue weighted by Gasteiger charge is -1.87. The van der Waals surface area contributed by atoms with Gasteiger partial charge < -0.3 is 4.42 Å². The second-order valence-corrected chi connectivity index (χ2v) is 4.29. The van der Waals surface area contributed by atoms with Gasteiger partial charge in [-0.15, -0.1) is 0 Å². The highest BCUT2D eigenvalue weighted by Crippen LogP contribution is 2.19. The summed E-state index contributed by atoms with van der Waals surface area (Å²) in [6, 6.07) is 9.31. The lowest BCUT2D eigenvalue weighted by atomic mass is 10.2. The molecule has 2 aromatic heterocycles. The van der Waals surface area contributed by atoms with Crippen molar-refractivity contribution in [2.45, 2.75) is 0 Å². The molecule has 0 unspecified atom stereocenters. The number of benzene rings is 1. The quantitative estimate of drug-likeness (QED) is 0.531. The van der Waals surface area contributed by atoms with Crippen molar-refractivity contribution in [3.8, 4) is 0 Å². The lowest BCUT2D eigenvalue weighted by Crippen LogP contribution is -1.90. The van der Waals surface area contributed by atoms with E-state index in [0.29, 0.717) is 5.76 Å². The minimum absolute atomic E-state index is 0.153. The third-order valence-electron chi connectivity index (χ3n) is 2.82. The van der Waals surface area contributed by atoms with E-state index >= 15 is 0 Å². The van der Waals surface area contributed by atoms with Crippen LogP contribution < -0.4 is 0 Å². The topological polar surface area (TPSA) is 48.0 Å². The molecule has 0 bridgehead atoms. The van der Waals surface area contributed by atoms with Crippen LogP contribution in [0.1, 0.15) is 16.1 Å². The van der Waals surface area contributed by atoms with Crippen molar-refractivity contribution in [2.75, 3.05) is 0 Å². The molecule has 0 radical (unpaired) electrons. The van der Waals surface area contributed by atoms with E-state index in [4.69, 9.17) is 4.42 Å². The van der Waals surface area contributed by atoms with Gasteiger partial charge >= 0.3 is 0 Å². The number of carbonyl (C=O) groups excluding carboxylic acids is 1. The Hall–Kier alpha value is -2.62. The van der Waals surface area contributed by atoms with Gasteiger partial charge in [0, 0.05) is 24.2 Å². The Balaban J connectivity index is 1.85. The summed E-state index contributed by atoms with van der Waals surface area (Å²) in [5.74, 6) is 0.196. The average molecular weight is 252 g/mol. The van der Waals surface area contributed by atoms with E-state index in [9.17, 15) is 4.79 Å². The highest BCUT2D eigenvalue weighted by atomic mass is 16.3. The Morgan fingerprint density at radius 2 is 2.21 bits per heavy atom. The molecule has 0 saturated heterocycles. The zero-order valence-corrected chi connectivity index (χ0v) is 10.4. The Kier molecular flexibility index (Phi) is 2.76. The van der Waals surface area contributed by atoms with Crippen LogP contribution >= 0.6 is 0 Å². The highest BCUT2D eigenvalue weighted by Gasteiger charge is 2.08. The molecule has 0 atom stereocenters. The Bertz CT molecular complexity index is 732. The van der Waals surface area contributed by atoms with Gasteiger partial charge in [0.15, 0.2) is 5.76 Å². The second kappa shape index (κ2) is 4.57. The molecule has 0 fully saturated rings. The van der Waals surface area contributed by atoms with Crippen LogP contribution in [-0.2, 0) is 7.05 Å². The van der Waals surface area contributed by atoms with Crippen LogP contribution in [0.4, 0.5) is 0 Å². The van der Waals surface area contributed by atoms with Crippen LogP contribution in [0, 0.1) is 0 Å². The fourth-order valence-corrected chi connectivity index (χ4v) is 1.88. The first-order chi connectivity index (χ1) is 9.22. The third kappa shape index (κ3) is 2.33. The number of aromatic nitrogens is 2. The number of furan rings is 1. The maximum absolute atomic E-state index is 12.0. The van der Waals surface area contributed by atoms with E-state index in [1.54, 1.807) is 23.0 Å². The lowest BCUT2D eigenvalue weighted by molar-refractivity contribution is 0.102.